The number of aryl methyl sites for hydroxylation is 1. The minimum atomic E-state index is -0.235. The summed E-state index contributed by atoms with van der Waals surface area (Å²) in [6.45, 7) is 4.97. The van der Waals surface area contributed by atoms with E-state index in [1.54, 1.807) is 23.2 Å². The standard InChI is InChI=1S/C27H29N3O3S/c1-19-9-6-14-24(20(19)2)29-25(31)18-30(17-21-10-8-16-33-21)27(32)23-13-7-15-28-26(23)34-22-11-4-3-5-12-22/h3-7,9,11-15,21H,8,10,16-18H2,1-2H3,(H,29,31)/t21-/m1/s1. The van der Waals surface area contributed by atoms with Crippen LogP contribution in [-0.2, 0) is 9.53 Å². The normalized spacial score (nSPS) is 15.2. The van der Waals surface area contributed by atoms with Gasteiger partial charge in [-0.25, -0.2) is 4.98 Å². The van der Waals surface area contributed by atoms with Crippen LogP contribution in [0, 0.1) is 13.8 Å². The third-order valence-corrected chi connectivity index (χ3v) is 6.93. The lowest BCUT2D eigenvalue weighted by molar-refractivity contribution is -0.117. The monoisotopic (exact) mass is 475 g/mol. The SMILES string of the molecule is Cc1cccc(NC(=O)CN(C[C@H]2CCCO2)C(=O)c2cccnc2Sc2ccccc2)c1C. The number of benzene rings is 2. The Hall–Kier alpha value is -3.16. The highest BCUT2D eigenvalue weighted by molar-refractivity contribution is 7.99. The van der Waals surface area contributed by atoms with E-state index in [4.69, 9.17) is 4.74 Å². The second-order valence-electron chi connectivity index (χ2n) is 8.39. The van der Waals surface area contributed by atoms with Crippen molar-refractivity contribution in [2.75, 3.05) is 25.0 Å². The summed E-state index contributed by atoms with van der Waals surface area (Å²) in [5, 5.41) is 3.59. The summed E-state index contributed by atoms with van der Waals surface area (Å²) >= 11 is 1.44. The van der Waals surface area contributed by atoms with Crippen LogP contribution in [-0.4, -0.2) is 47.5 Å². The van der Waals surface area contributed by atoms with E-state index >= 15 is 0 Å². The minimum Gasteiger partial charge on any atom is -0.376 e. The van der Waals surface area contributed by atoms with Crippen LogP contribution >= 0.6 is 11.8 Å². The number of carbonyl (C=O) groups excluding carboxylic acids is 2. The molecule has 0 unspecified atom stereocenters. The zero-order valence-corrected chi connectivity index (χ0v) is 20.3. The van der Waals surface area contributed by atoms with Gasteiger partial charge < -0.3 is 15.0 Å². The van der Waals surface area contributed by atoms with Gasteiger partial charge in [-0.2, -0.15) is 0 Å². The highest BCUT2D eigenvalue weighted by atomic mass is 32.2. The molecule has 1 aliphatic rings. The second kappa shape index (κ2) is 11.3. The van der Waals surface area contributed by atoms with E-state index in [9.17, 15) is 9.59 Å². The number of anilines is 1. The first kappa shape index (κ1) is 24.0. The molecule has 2 aromatic carbocycles. The van der Waals surface area contributed by atoms with Gasteiger partial charge in [0, 0.05) is 29.9 Å². The average molecular weight is 476 g/mol. The summed E-state index contributed by atoms with van der Waals surface area (Å²) in [4.78, 5) is 33.7. The molecule has 0 saturated carbocycles. The van der Waals surface area contributed by atoms with Gasteiger partial charge in [0.2, 0.25) is 5.91 Å². The van der Waals surface area contributed by atoms with E-state index in [1.165, 1.54) is 11.8 Å². The molecule has 7 heteroatoms. The molecule has 1 fully saturated rings. The number of nitrogens with zero attached hydrogens (tertiary/aromatic N) is 2. The molecule has 1 aromatic heterocycles. The average Bonchev–Trinajstić information content (AvgIpc) is 3.35. The molecule has 1 atom stereocenters. The Labute approximate surface area is 204 Å². The highest BCUT2D eigenvalue weighted by Crippen LogP contribution is 2.29. The molecule has 0 spiro atoms. The first-order valence-corrected chi connectivity index (χ1v) is 12.3. The van der Waals surface area contributed by atoms with E-state index < -0.39 is 0 Å². The Morgan fingerprint density at radius 3 is 2.68 bits per heavy atom. The zero-order valence-electron chi connectivity index (χ0n) is 19.5. The van der Waals surface area contributed by atoms with E-state index in [1.807, 2.05) is 62.4 Å². The quantitative estimate of drug-likeness (QED) is 0.490. The van der Waals surface area contributed by atoms with Crippen molar-refractivity contribution >= 4 is 29.3 Å². The number of nitrogens with one attached hydrogen (secondary N) is 1. The Kier molecular flexibility index (Phi) is 7.98. The number of amides is 2. The zero-order chi connectivity index (χ0) is 23.9. The Morgan fingerprint density at radius 2 is 1.91 bits per heavy atom. The molecule has 1 saturated heterocycles. The molecule has 1 aliphatic heterocycles. The van der Waals surface area contributed by atoms with Gasteiger partial charge in [0.05, 0.1) is 11.7 Å². The third kappa shape index (κ3) is 6.04. The van der Waals surface area contributed by atoms with Crippen molar-refractivity contribution in [1.29, 1.82) is 0 Å². The van der Waals surface area contributed by atoms with E-state index in [2.05, 4.69) is 10.3 Å². The summed E-state index contributed by atoms with van der Waals surface area (Å²) in [6.07, 6.45) is 3.45. The number of pyridine rings is 1. The minimum absolute atomic E-state index is 0.0591. The van der Waals surface area contributed by atoms with Crippen molar-refractivity contribution in [1.82, 2.24) is 9.88 Å². The molecule has 0 bridgehead atoms. The lowest BCUT2D eigenvalue weighted by Crippen LogP contribution is -2.42. The van der Waals surface area contributed by atoms with E-state index in [0.29, 0.717) is 23.7 Å². The van der Waals surface area contributed by atoms with Crippen molar-refractivity contribution in [3.05, 3.63) is 83.6 Å². The predicted octanol–water partition coefficient (Wildman–Crippen LogP) is 5.11. The molecule has 2 amide bonds. The van der Waals surface area contributed by atoms with Crippen molar-refractivity contribution in [2.45, 2.75) is 42.7 Å². The van der Waals surface area contributed by atoms with Crippen LogP contribution < -0.4 is 5.32 Å². The summed E-state index contributed by atoms with van der Waals surface area (Å²) in [5.41, 5.74) is 3.36. The molecule has 34 heavy (non-hydrogen) atoms. The predicted molar refractivity (Wildman–Crippen MR) is 134 cm³/mol. The molecular formula is C27H29N3O3S. The number of rotatable bonds is 8. The smallest absolute Gasteiger partial charge is 0.257 e. The number of carbonyl (C=O) groups is 2. The molecule has 1 N–H and O–H groups in total. The van der Waals surface area contributed by atoms with Crippen molar-refractivity contribution in [3.63, 3.8) is 0 Å². The molecule has 0 aliphatic carbocycles. The molecule has 2 heterocycles. The van der Waals surface area contributed by atoms with Gasteiger partial charge in [-0.05, 0) is 68.1 Å². The maximum absolute atomic E-state index is 13.7. The second-order valence-corrected chi connectivity index (χ2v) is 9.45. The number of ether oxygens (including phenoxy) is 1. The molecule has 4 rings (SSSR count). The van der Waals surface area contributed by atoms with Gasteiger partial charge in [-0.1, -0.05) is 42.1 Å². The Bertz CT molecular complexity index is 1150. The van der Waals surface area contributed by atoms with Crippen molar-refractivity contribution in [3.8, 4) is 0 Å². The number of hydrogen-bond acceptors (Lipinski definition) is 5. The fraction of sp³-hybridized carbons (Fsp3) is 0.296. The Balaban J connectivity index is 1.55. The fourth-order valence-corrected chi connectivity index (χ4v) is 4.80. The van der Waals surface area contributed by atoms with Crippen LogP contribution in [0.25, 0.3) is 0 Å². The summed E-state index contributed by atoms with van der Waals surface area (Å²) < 4.78 is 5.78. The van der Waals surface area contributed by atoms with Gasteiger partial charge >= 0.3 is 0 Å². The third-order valence-electron chi connectivity index (χ3n) is 5.91. The van der Waals surface area contributed by atoms with Gasteiger partial charge in [0.25, 0.3) is 5.91 Å². The summed E-state index contributed by atoms with van der Waals surface area (Å²) in [6, 6.07) is 19.1. The lowest BCUT2D eigenvalue weighted by atomic mass is 10.1. The lowest BCUT2D eigenvalue weighted by Gasteiger charge is -2.26. The maximum atomic E-state index is 13.7. The van der Waals surface area contributed by atoms with Crippen molar-refractivity contribution in [2.24, 2.45) is 0 Å². The van der Waals surface area contributed by atoms with E-state index in [0.717, 1.165) is 34.6 Å². The van der Waals surface area contributed by atoms with Crippen molar-refractivity contribution < 1.29 is 14.3 Å². The highest BCUT2D eigenvalue weighted by Gasteiger charge is 2.27. The number of aromatic nitrogens is 1. The fourth-order valence-electron chi connectivity index (χ4n) is 3.91. The van der Waals surface area contributed by atoms with Crippen LogP contribution in [0.3, 0.4) is 0 Å². The Morgan fingerprint density at radius 1 is 1.09 bits per heavy atom. The number of hydrogen-bond donors (Lipinski definition) is 1. The first-order valence-electron chi connectivity index (χ1n) is 11.5. The van der Waals surface area contributed by atoms with Crippen LogP contribution in [0.15, 0.2) is 76.8 Å². The van der Waals surface area contributed by atoms with Crippen LogP contribution in [0.1, 0.15) is 34.3 Å². The van der Waals surface area contributed by atoms with Crippen LogP contribution in [0.2, 0.25) is 0 Å². The largest absolute Gasteiger partial charge is 0.376 e. The molecule has 176 valence electrons. The van der Waals surface area contributed by atoms with Crippen LogP contribution in [0.5, 0.6) is 0 Å². The van der Waals surface area contributed by atoms with Gasteiger partial charge in [0.1, 0.15) is 11.6 Å². The molecule has 6 nitrogen and oxygen atoms in total. The topological polar surface area (TPSA) is 71.5 Å². The molecule has 3 aromatic rings. The van der Waals surface area contributed by atoms with Crippen LogP contribution in [0.4, 0.5) is 5.69 Å². The molecular weight excluding hydrogens is 446 g/mol. The summed E-state index contributed by atoms with van der Waals surface area (Å²) in [5.74, 6) is -0.459. The maximum Gasteiger partial charge on any atom is 0.257 e. The van der Waals surface area contributed by atoms with Gasteiger partial charge in [0.15, 0.2) is 0 Å². The van der Waals surface area contributed by atoms with Gasteiger partial charge in [-0.3, -0.25) is 9.59 Å². The first-order chi connectivity index (χ1) is 16.5. The summed E-state index contributed by atoms with van der Waals surface area (Å²) in [7, 11) is 0. The van der Waals surface area contributed by atoms with E-state index in [-0.39, 0.29) is 24.5 Å². The van der Waals surface area contributed by atoms with Gasteiger partial charge in [-0.15, -0.1) is 0 Å². The molecule has 0 radical (unpaired) electrons.